The highest BCUT2D eigenvalue weighted by molar-refractivity contribution is 6.03. The lowest BCUT2D eigenvalue weighted by Gasteiger charge is -2.13. The Bertz CT molecular complexity index is 820. The van der Waals surface area contributed by atoms with E-state index in [-0.39, 0.29) is 35.3 Å². The molecule has 1 amide bonds. The Morgan fingerprint density at radius 3 is 2.30 bits per heavy atom. The lowest BCUT2D eigenvalue weighted by molar-refractivity contribution is -0.682. The molecule has 0 aliphatic rings. The Hall–Kier alpha value is -3.19. The summed E-state index contributed by atoms with van der Waals surface area (Å²) < 4.78 is 9.40. The number of amides is 1. The molecule has 3 N–H and O–H groups in total. The Balaban J connectivity index is 2.10. The van der Waals surface area contributed by atoms with Crippen molar-refractivity contribution in [2.45, 2.75) is 13.0 Å². The molecule has 0 heterocycles. The molecule has 0 aliphatic carbocycles. The fourth-order valence-electron chi connectivity index (χ4n) is 2.56. The molecule has 0 saturated carbocycles. The molecule has 0 spiro atoms. The third-order valence-corrected chi connectivity index (χ3v) is 4.10. The van der Waals surface area contributed by atoms with Crippen molar-refractivity contribution in [3.05, 3.63) is 65.2 Å². The quantitative estimate of drug-likeness (QED) is 0.719. The van der Waals surface area contributed by atoms with Gasteiger partial charge in [0.05, 0.1) is 31.0 Å². The molecule has 2 rings (SSSR count). The molecule has 1 atom stereocenters. The molecule has 2 aromatic rings. The molecule has 0 saturated heterocycles. The molecular formula is C20H23N2O5+. The predicted octanol–water partition coefficient (Wildman–Crippen LogP) is 1.52. The maximum atomic E-state index is 12.4. The summed E-state index contributed by atoms with van der Waals surface area (Å²) in [5.74, 6) is -1.47. The maximum Gasteiger partial charge on any atom is 0.339 e. The number of rotatable bonds is 7. The van der Waals surface area contributed by atoms with Crippen molar-refractivity contribution in [2.75, 3.05) is 26.1 Å². The van der Waals surface area contributed by atoms with Gasteiger partial charge < -0.3 is 20.1 Å². The van der Waals surface area contributed by atoms with Gasteiger partial charge in [-0.3, -0.25) is 4.79 Å². The van der Waals surface area contributed by atoms with E-state index in [2.05, 4.69) is 10.1 Å². The van der Waals surface area contributed by atoms with Crippen LogP contribution >= 0.6 is 0 Å². The lowest BCUT2D eigenvalue weighted by atomic mass is 10.1. The summed E-state index contributed by atoms with van der Waals surface area (Å²) in [4.78, 5) is 36.0. The van der Waals surface area contributed by atoms with Gasteiger partial charge in [0.2, 0.25) is 0 Å². The summed E-state index contributed by atoms with van der Waals surface area (Å²) in [5, 5.41) is 4.55. The number of carbonyl (C=O) groups excluding carboxylic acids is 3. The predicted molar refractivity (Wildman–Crippen MR) is 99.4 cm³/mol. The summed E-state index contributed by atoms with van der Waals surface area (Å²) in [6.45, 7) is 2.15. The highest BCUT2D eigenvalue weighted by Crippen LogP contribution is 2.19. The molecule has 27 heavy (non-hydrogen) atoms. The van der Waals surface area contributed by atoms with Gasteiger partial charge in [0.25, 0.3) is 5.91 Å². The smallest absolute Gasteiger partial charge is 0.339 e. The van der Waals surface area contributed by atoms with Gasteiger partial charge in [-0.15, -0.1) is 0 Å². The van der Waals surface area contributed by atoms with Gasteiger partial charge in [-0.05, 0) is 25.1 Å². The van der Waals surface area contributed by atoms with Gasteiger partial charge in [-0.1, -0.05) is 30.3 Å². The van der Waals surface area contributed by atoms with Crippen molar-refractivity contribution in [1.29, 1.82) is 0 Å². The average Bonchev–Trinajstić information content (AvgIpc) is 2.71. The molecule has 0 fully saturated rings. The van der Waals surface area contributed by atoms with Crippen LogP contribution < -0.4 is 10.6 Å². The first-order valence-corrected chi connectivity index (χ1v) is 8.45. The van der Waals surface area contributed by atoms with Crippen LogP contribution in [-0.2, 0) is 14.3 Å². The van der Waals surface area contributed by atoms with Crippen LogP contribution in [0.5, 0.6) is 0 Å². The van der Waals surface area contributed by atoms with Gasteiger partial charge in [0, 0.05) is 5.56 Å². The molecule has 0 aromatic heterocycles. The first-order chi connectivity index (χ1) is 13.0. The van der Waals surface area contributed by atoms with Gasteiger partial charge >= 0.3 is 11.9 Å². The molecule has 7 heteroatoms. The van der Waals surface area contributed by atoms with Crippen LogP contribution in [0.4, 0.5) is 5.69 Å². The van der Waals surface area contributed by atoms with Crippen LogP contribution in [0.3, 0.4) is 0 Å². The number of nitrogens with two attached hydrogens (primary N) is 1. The zero-order chi connectivity index (χ0) is 19.8. The molecule has 142 valence electrons. The minimum atomic E-state index is -0.608. The van der Waals surface area contributed by atoms with Crippen molar-refractivity contribution in [2.24, 2.45) is 0 Å². The molecule has 0 radical (unpaired) electrons. The first-order valence-electron chi connectivity index (χ1n) is 8.45. The highest BCUT2D eigenvalue weighted by atomic mass is 16.5. The summed E-state index contributed by atoms with van der Waals surface area (Å²) in [6, 6.07) is 14.2. The van der Waals surface area contributed by atoms with Crippen LogP contribution in [0.25, 0.3) is 0 Å². The van der Waals surface area contributed by atoms with E-state index in [1.807, 2.05) is 42.6 Å². The monoisotopic (exact) mass is 371 g/mol. The third kappa shape index (κ3) is 5.39. The largest absolute Gasteiger partial charge is 0.465 e. The van der Waals surface area contributed by atoms with E-state index in [1.54, 1.807) is 0 Å². The van der Waals surface area contributed by atoms with E-state index in [4.69, 9.17) is 4.74 Å². The van der Waals surface area contributed by atoms with Crippen LogP contribution in [-0.4, -0.2) is 38.6 Å². The van der Waals surface area contributed by atoms with E-state index in [9.17, 15) is 14.4 Å². The third-order valence-electron chi connectivity index (χ3n) is 4.10. The first kappa shape index (κ1) is 20.1. The van der Waals surface area contributed by atoms with Crippen LogP contribution in [0.1, 0.15) is 39.2 Å². The Morgan fingerprint density at radius 1 is 1.00 bits per heavy atom. The van der Waals surface area contributed by atoms with Gasteiger partial charge in [0.15, 0.2) is 6.54 Å². The number of anilines is 1. The van der Waals surface area contributed by atoms with Gasteiger partial charge in [-0.2, -0.15) is 0 Å². The van der Waals surface area contributed by atoms with Gasteiger partial charge in [0.1, 0.15) is 6.04 Å². The second kappa shape index (κ2) is 9.49. The van der Waals surface area contributed by atoms with Crippen LogP contribution in [0, 0.1) is 0 Å². The van der Waals surface area contributed by atoms with E-state index in [0.29, 0.717) is 0 Å². The Morgan fingerprint density at radius 2 is 1.67 bits per heavy atom. The van der Waals surface area contributed by atoms with Crippen LogP contribution in [0.15, 0.2) is 48.5 Å². The zero-order valence-corrected chi connectivity index (χ0v) is 15.5. The van der Waals surface area contributed by atoms with E-state index in [1.165, 1.54) is 32.4 Å². The minimum absolute atomic E-state index is 0.0958. The van der Waals surface area contributed by atoms with Crippen molar-refractivity contribution in [3.63, 3.8) is 0 Å². The molecule has 0 bridgehead atoms. The Labute approximate surface area is 157 Å². The maximum absolute atomic E-state index is 12.4. The van der Waals surface area contributed by atoms with Gasteiger partial charge in [-0.25, -0.2) is 9.59 Å². The fourth-order valence-corrected chi connectivity index (χ4v) is 2.56. The summed E-state index contributed by atoms with van der Waals surface area (Å²) in [5.41, 5.74) is 1.69. The number of benzene rings is 2. The molecular weight excluding hydrogens is 348 g/mol. The number of hydrogen-bond acceptors (Lipinski definition) is 5. The molecule has 0 aliphatic heterocycles. The van der Waals surface area contributed by atoms with E-state index in [0.717, 1.165) is 5.56 Å². The summed E-state index contributed by atoms with van der Waals surface area (Å²) >= 11 is 0. The van der Waals surface area contributed by atoms with Crippen molar-refractivity contribution in [3.8, 4) is 0 Å². The normalized spacial score (nSPS) is 11.4. The average molecular weight is 371 g/mol. The summed E-state index contributed by atoms with van der Waals surface area (Å²) in [6.07, 6.45) is 0. The van der Waals surface area contributed by atoms with E-state index >= 15 is 0 Å². The molecule has 0 unspecified atom stereocenters. The topological polar surface area (TPSA) is 98.3 Å². The van der Waals surface area contributed by atoms with Crippen molar-refractivity contribution < 1.29 is 29.2 Å². The number of hydrogen-bond donors (Lipinski definition) is 2. The number of esters is 2. The molecule has 2 aromatic carbocycles. The SMILES string of the molecule is COC(=O)c1ccc(C(=O)OC)c(NC(=O)C[NH2+][C@@H](C)c2ccccc2)c1. The Kier molecular flexibility index (Phi) is 7.08. The highest BCUT2D eigenvalue weighted by Gasteiger charge is 2.18. The second-order valence-corrected chi connectivity index (χ2v) is 5.93. The second-order valence-electron chi connectivity index (χ2n) is 5.93. The zero-order valence-electron chi connectivity index (χ0n) is 15.5. The number of ether oxygens (including phenoxy) is 2. The lowest BCUT2D eigenvalue weighted by Crippen LogP contribution is -2.86. The number of nitrogens with one attached hydrogen (secondary N) is 1. The molecule has 7 nitrogen and oxygen atoms in total. The van der Waals surface area contributed by atoms with Crippen LogP contribution in [0.2, 0.25) is 0 Å². The number of quaternary nitrogens is 1. The summed E-state index contributed by atoms with van der Waals surface area (Å²) in [7, 11) is 2.51. The standard InChI is InChI=1S/C20H22N2O5/c1-13(14-7-5-4-6-8-14)21-12-18(23)22-17-11-15(19(24)26-2)9-10-16(17)20(25)27-3/h4-11,13,21H,12H2,1-3H3,(H,22,23)/p+1/t13-/m0/s1. The van der Waals surface area contributed by atoms with Crippen molar-refractivity contribution >= 4 is 23.5 Å². The van der Waals surface area contributed by atoms with E-state index < -0.39 is 11.9 Å². The number of carbonyl (C=O) groups is 3. The number of methoxy groups -OCH3 is 2. The van der Waals surface area contributed by atoms with Crippen molar-refractivity contribution in [1.82, 2.24) is 0 Å². The fraction of sp³-hybridized carbons (Fsp3) is 0.250. The minimum Gasteiger partial charge on any atom is -0.465 e.